The smallest absolute Gasteiger partial charge is 0.410 e. The molecule has 0 aromatic carbocycles. The third-order valence-corrected chi connectivity index (χ3v) is 3.32. The molecule has 1 fully saturated rings. The van der Waals surface area contributed by atoms with Crippen LogP contribution in [-0.2, 0) is 11.2 Å². The van der Waals surface area contributed by atoms with E-state index in [1.54, 1.807) is 11.1 Å². The first-order chi connectivity index (χ1) is 9.39. The van der Waals surface area contributed by atoms with Gasteiger partial charge in [0.25, 0.3) is 0 Å². The van der Waals surface area contributed by atoms with Crippen molar-refractivity contribution in [3.05, 3.63) is 23.8 Å². The van der Waals surface area contributed by atoms with Crippen LogP contribution in [0.25, 0.3) is 0 Å². The number of ether oxygens (including phenoxy) is 1. The summed E-state index contributed by atoms with van der Waals surface area (Å²) in [5.41, 5.74) is 1.53. The van der Waals surface area contributed by atoms with E-state index in [4.69, 9.17) is 4.74 Å². The van der Waals surface area contributed by atoms with Crippen molar-refractivity contribution in [2.24, 2.45) is 0 Å². The molecule has 110 valence electrons. The molecular formula is C15H23N3O2. The van der Waals surface area contributed by atoms with E-state index in [0.717, 1.165) is 30.8 Å². The zero-order valence-corrected chi connectivity index (χ0v) is 12.7. The van der Waals surface area contributed by atoms with Crippen molar-refractivity contribution < 1.29 is 9.53 Å². The molecule has 1 unspecified atom stereocenters. The van der Waals surface area contributed by atoms with E-state index in [1.807, 2.05) is 27.0 Å². The summed E-state index contributed by atoms with van der Waals surface area (Å²) in [5, 5.41) is 0. The van der Waals surface area contributed by atoms with Crippen LogP contribution < -0.4 is 0 Å². The Morgan fingerprint density at radius 2 is 2.20 bits per heavy atom. The number of aromatic nitrogens is 2. The van der Waals surface area contributed by atoms with Gasteiger partial charge >= 0.3 is 6.09 Å². The summed E-state index contributed by atoms with van der Waals surface area (Å²) in [5.74, 6) is 0.265. The van der Waals surface area contributed by atoms with E-state index < -0.39 is 5.60 Å². The van der Waals surface area contributed by atoms with Crippen molar-refractivity contribution in [3.63, 3.8) is 0 Å². The molecule has 2 heterocycles. The molecule has 0 radical (unpaired) electrons. The topological polar surface area (TPSA) is 55.3 Å². The van der Waals surface area contributed by atoms with Gasteiger partial charge in [-0.1, -0.05) is 6.92 Å². The maximum absolute atomic E-state index is 12.0. The van der Waals surface area contributed by atoms with Crippen molar-refractivity contribution >= 4 is 6.09 Å². The van der Waals surface area contributed by atoms with Gasteiger partial charge in [0.1, 0.15) is 5.60 Å². The number of amides is 1. The van der Waals surface area contributed by atoms with Crippen LogP contribution in [0.2, 0.25) is 0 Å². The van der Waals surface area contributed by atoms with E-state index in [0.29, 0.717) is 6.54 Å². The summed E-state index contributed by atoms with van der Waals surface area (Å²) in [7, 11) is 0. The van der Waals surface area contributed by atoms with Crippen molar-refractivity contribution in [2.75, 3.05) is 13.1 Å². The maximum Gasteiger partial charge on any atom is 0.410 e. The van der Waals surface area contributed by atoms with E-state index in [2.05, 4.69) is 16.9 Å². The monoisotopic (exact) mass is 277 g/mol. The van der Waals surface area contributed by atoms with Gasteiger partial charge in [0.2, 0.25) is 0 Å². The normalized spacial score (nSPS) is 19.2. The van der Waals surface area contributed by atoms with Gasteiger partial charge in [-0.3, -0.25) is 9.97 Å². The van der Waals surface area contributed by atoms with Gasteiger partial charge in [-0.05, 0) is 33.6 Å². The molecule has 1 aromatic rings. The molecule has 0 aliphatic carbocycles. The highest BCUT2D eigenvalue weighted by Crippen LogP contribution is 2.26. The molecule has 0 bridgehead atoms. The summed E-state index contributed by atoms with van der Waals surface area (Å²) in [6, 6.07) is 0. The number of carbonyl (C=O) groups is 1. The number of nitrogens with zero attached hydrogens (tertiary/aromatic N) is 3. The minimum atomic E-state index is -0.447. The molecule has 0 saturated carbocycles. The Balaban J connectivity index is 1.99. The molecule has 5 nitrogen and oxygen atoms in total. The molecule has 1 aliphatic heterocycles. The third kappa shape index (κ3) is 3.68. The molecule has 0 N–H and O–H groups in total. The van der Waals surface area contributed by atoms with E-state index in [9.17, 15) is 4.79 Å². The lowest BCUT2D eigenvalue weighted by Gasteiger charge is -2.24. The van der Waals surface area contributed by atoms with E-state index >= 15 is 0 Å². The third-order valence-electron chi connectivity index (χ3n) is 3.32. The molecule has 1 aromatic heterocycles. The highest BCUT2D eigenvalue weighted by atomic mass is 16.6. The molecule has 0 spiro atoms. The lowest BCUT2D eigenvalue weighted by Crippen LogP contribution is -2.35. The highest BCUT2D eigenvalue weighted by molar-refractivity contribution is 5.68. The largest absolute Gasteiger partial charge is 0.444 e. The zero-order valence-electron chi connectivity index (χ0n) is 12.7. The Hall–Kier alpha value is -1.65. The van der Waals surface area contributed by atoms with Crippen LogP contribution in [0.5, 0.6) is 0 Å². The lowest BCUT2D eigenvalue weighted by atomic mass is 10.1. The Bertz CT molecular complexity index is 482. The first kappa shape index (κ1) is 14.8. The second-order valence-electron chi connectivity index (χ2n) is 6.20. The SMILES string of the molecule is CCc1cncc(C2CCN(C(=O)OC(C)(C)C)C2)n1. The number of carbonyl (C=O) groups excluding carboxylic acids is 1. The highest BCUT2D eigenvalue weighted by Gasteiger charge is 2.31. The Morgan fingerprint density at radius 1 is 1.45 bits per heavy atom. The zero-order chi connectivity index (χ0) is 14.8. The van der Waals surface area contributed by atoms with Crippen LogP contribution >= 0.6 is 0 Å². The number of hydrogen-bond acceptors (Lipinski definition) is 4. The second kappa shape index (κ2) is 5.77. The van der Waals surface area contributed by atoms with Gasteiger partial charge < -0.3 is 9.64 Å². The molecule has 1 saturated heterocycles. The van der Waals surface area contributed by atoms with Gasteiger partial charge in [-0.2, -0.15) is 0 Å². The van der Waals surface area contributed by atoms with Crippen LogP contribution in [-0.4, -0.2) is 39.7 Å². The van der Waals surface area contributed by atoms with Gasteiger partial charge in [0.05, 0.1) is 11.4 Å². The first-order valence-electron chi connectivity index (χ1n) is 7.18. The summed E-state index contributed by atoms with van der Waals surface area (Å²) < 4.78 is 5.40. The lowest BCUT2D eigenvalue weighted by molar-refractivity contribution is 0.0292. The standard InChI is InChI=1S/C15H23N3O2/c1-5-12-8-16-9-13(17-12)11-6-7-18(10-11)14(19)20-15(2,3)4/h8-9,11H,5-7,10H2,1-4H3. The van der Waals surface area contributed by atoms with Gasteiger partial charge in [0, 0.05) is 31.4 Å². The van der Waals surface area contributed by atoms with Crippen LogP contribution in [0.3, 0.4) is 0 Å². The number of rotatable bonds is 2. The summed E-state index contributed by atoms with van der Waals surface area (Å²) >= 11 is 0. The number of likely N-dealkylation sites (tertiary alicyclic amines) is 1. The Labute approximate surface area is 120 Å². The van der Waals surface area contributed by atoms with Crippen molar-refractivity contribution in [2.45, 2.75) is 52.1 Å². The summed E-state index contributed by atoms with van der Waals surface area (Å²) in [4.78, 5) is 22.6. The van der Waals surface area contributed by atoms with E-state index in [1.165, 1.54) is 0 Å². The molecule has 5 heteroatoms. The fourth-order valence-electron chi connectivity index (χ4n) is 2.28. The first-order valence-corrected chi connectivity index (χ1v) is 7.18. The van der Waals surface area contributed by atoms with E-state index in [-0.39, 0.29) is 12.0 Å². The van der Waals surface area contributed by atoms with Gasteiger partial charge in [-0.25, -0.2) is 4.79 Å². The predicted molar refractivity (Wildman–Crippen MR) is 76.6 cm³/mol. The Kier molecular flexibility index (Phi) is 4.26. The molecule has 2 rings (SSSR count). The summed E-state index contributed by atoms with van der Waals surface area (Å²) in [6.07, 6.45) is 5.16. The fraction of sp³-hybridized carbons (Fsp3) is 0.667. The predicted octanol–water partition coefficient (Wildman–Crippen LogP) is 2.76. The van der Waals surface area contributed by atoms with Crippen LogP contribution in [0, 0.1) is 0 Å². The molecule has 1 aliphatic rings. The molecule has 20 heavy (non-hydrogen) atoms. The van der Waals surface area contributed by atoms with Crippen LogP contribution in [0.15, 0.2) is 12.4 Å². The number of aryl methyl sites for hydroxylation is 1. The average molecular weight is 277 g/mol. The van der Waals surface area contributed by atoms with Gasteiger partial charge in [-0.15, -0.1) is 0 Å². The summed E-state index contributed by atoms with van der Waals surface area (Å²) in [6.45, 7) is 9.10. The average Bonchev–Trinajstić information content (AvgIpc) is 2.86. The minimum Gasteiger partial charge on any atom is -0.444 e. The molecule has 1 amide bonds. The van der Waals surface area contributed by atoms with Crippen molar-refractivity contribution in [1.82, 2.24) is 14.9 Å². The van der Waals surface area contributed by atoms with Crippen molar-refractivity contribution in [1.29, 1.82) is 0 Å². The fourth-order valence-corrected chi connectivity index (χ4v) is 2.28. The number of hydrogen-bond donors (Lipinski definition) is 0. The van der Waals surface area contributed by atoms with Gasteiger partial charge in [0.15, 0.2) is 0 Å². The quantitative estimate of drug-likeness (QED) is 0.834. The maximum atomic E-state index is 12.0. The van der Waals surface area contributed by atoms with Crippen LogP contribution in [0.1, 0.15) is 51.4 Å². The Morgan fingerprint density at radius 3 is 2.85 bits per heavy atom. The minimum absolute atomic E-state index is 0.236. The molecular weight excluding hydrogens is 254 g/mol. The van der Waals surface area contributed by atoms with Crippen LogP contribution in [0.4, 0.5) is 4.79 Å². The molecule has 1 atom stereocenters. The van der Waals surface area contributed by atoms with Crippen molar-refractivity contribution in [3.8, 4) is 0 Å². The second-order valence-corrected chi connectivity index (χ2v) is 6.20.